The highest BCUT2D eigenvalue weighted by atomic mass is 32.2. The third kappa shape index (κ3) is 2.74. The van der Waals surface area contributed by atoms with E-state index in [0.717, 1.165) is 12.8 Å². The Morgan fingerprint density at radius 3 is 2.38 bits per heavy atom. The molecule has 6 heteroatoms. The predicted octanol–water partition coefficient (Wildman–Crippen LogP) is 0.251. The van der Waals surface area contributed by atoms with Crippen LogP contribution in [0.4, 0.5) is 0 Å². The molecule has 0 amide bonds. The van der Waals surface area contributed by atoms with Gasteiger partial charge in [0.15, 0.2) is 0 Å². The molecular weight excluding hydrogens is 230 g/mol. The summed E-state index contributed by atoms with van der Waals surface area (Å²) in [5.74, 6) is -0.924. The molecule has 1 fully saturated rings. The smallest absolute Gasteiger partial charge is 0.311 e. The van der Waals surface area contributed by atoms with Crippen molar-refractivity contribution in [2.24, 2.45) is 17.1 Å². The van der Waals surface area contributed by atoms with Crippen LogP contribution < -0.4 is 5.73 Å². The molecule has 1 saturated carbocycles. The Balaban J connectivity index is 2.75. The predicted molar refractivity (Wildman–Crippen MR) is 60.8 cm³/mol. The van der Waals surface area contributed by atoms with Gasteiger partial charge in [0.2, 0.25) is 0 Å². The lowest BCUT2D eigenvalue weighted by Crippen LogP contribution is -2.42. The Bertz CT molecular complexity index is 361. The first kappa shape index (κ1) is 13.4. The van der Waals surface area contributed by atoms with Crippen LogP contribution in [0, 0.1) is 11.3 Å². The van der Waals surface area contributed by atoms with Gasteiger partial charge in [0.05, 0.1) is 11.2 Å². The van der Waals surface area contributed by atoms with Crippen molar-refractivity contribution in [3.8, 4) is 0 Å². The maximum absolute atomic E-state index is 11.4. The standard InChI is InChI=1S/C10H19NO4S/c1-2-16(14,15)6-5-10(7-11,9(12)13)8-3-4-8/h8H,2-7,11H2,1H3,(H,12,13). The van der Waals surface area contributed by atoms with E-state index >= 15 is 0 Å². The summed E-state index contributed by atoms with van der Waals surface area (Å²) in [5.41, 5.74) is 4.52. The lowest BCUT2D eigenvalue weighted by Gasteiger charge is -2.27. The van der Waals surface area contributed by atoms with E-state index in [2.05, 4.69) is 0 Å². The summed E-state index contributed by atoms with van der Waals surface area (Å²) in [6.45, 7) is 1.59. The van der Waals surface area contributed by atoms with Crippen molar-refractivity contribution in [1.82, 2.24) is 0 Å². The van der Waals surface area contributed by atoms with E-state index in [9.17, 15) is 18.3 Å². The van der Waals surface area contributed by atoms with E-state index in [4.69, 9.17) is 5.73 Å². The van der Waals surface area contributed by atoms with Crippen LogP contribution in [0.2, 0.25) is 0 Å². The third-order valence-corrected chi connectivity index (χ3v) is 5.15. The Morgan fingerprint density at radius 1 is 1.50 bits per heavy atom. The summed E-state index contributed by atoms with van der Waals surface area (Å²) in [4.78, 5) is 11.3. The van der Waals surface area contributed by atoms with Crippen molar-refractivity contribution in [3.05, 3.63) is 0 Å². The molecule has 94 valence electrons. The van der Waals surface area contributed by atoms with E-state index in [1.807, 2.05) is 0 Å². The van der Waals surface area contributed by atoms with E-state index < -0.39 is 21.2 Å². The zero-order valence-electron chi connectivity index (χ0n) is 9.48. The second-order valence-electron chi connectivity index (χ2n) is 4.43. The SMILES string of the molecule is CCS(=O)(=O)CCC(CN)(C(=O)O)C1CC1. The van der Waals surface area contributed by atoms with E-state index in [1.54, 1.807) is 6.92 Å². The van der Waals surface area contributed by atoms with Crippen LogP contribution in [0.1, 0.15) is 26.2 Å². The number of aliphatic carboxylic acids is 1. The monoisotopic (exact) mass is 249 g/mol. The first-order valence-corrected chi connectivity index (χ1v) is 7.34. The molecule has 0 heterocycles. The molecule has 0 aromatic rings. The number of nitrogens with two attached hydrogens (primary N) is 1. The highest BCUT2D eigenvalue weighted by Crippen LogP contribution is 2.47. The first-order valence-electron chi connectivity index (χ1n) is 5.52. The van der Waals surface area contributed by atoms with Crippen LogP contribution in [0.3, 0.4) is 0 Å². The fourth-order valence-corrected chi connectivity index (χ4v) is 2.92. The van der Waals surface area contributed by atoms with Gasteiger partial charge in [-0.25, -0.2) is 8.42 Å². The number of sulfone groups is 1. The Hall–Kier alpha value is -0.620. The van der Waals surface area contributed by atoms with Gasteiger partial charge in [-0.15, -0.1) is 0 Å². The number of carbonyl (C=O) groups is 1. The number of hydrogen-bond donors (Lipinski definition) is 2. The van der Waals surface area contributed by atoms with Crippen molar-refractivity contribution < 1.29 is 18.3 Å². The Labute approximate surface area is 95.9 Å². The number of carboxylic acid groups (broad SMARTS) is 1. The Morgan fingerprint density at radius 2 is 2.06 bits per heavy atom. The summed E-state index contributed by atoms with van der Waals surface area (Å²) >= 11 is 0. The molecule has 0 aromatic heterocycles. The lowest BCUT2D eigenvalue weighted by molar-refractivity contribution is -0.149. The second-order valence-corrected chi connectivity index (χ2v) is 6.90. The van der Waals surface area contributed by atoms with Gasteiger partial charge in [0, 0.05) is 12.3 Å². The van der Waals surface area contributed by atoms with Gasteiger partial charge in [-0.3, -0.25) is 4.79 Å². The van der Waals surface area contributed by atoms with Crippen molar-refractivity contribution in [2.45, 2.75) is 26.2 Å². The van der Waals surface area contributed by atoms with Crippen LogP contribution in [-0.2, 0) is 14.6 Å². The summed E-state index contributed by atoms with van der Waals surface area (Å²) < 4.78 is 22.8. The first-order chi connectivity index (χ1) is 7.38. The molecule has 1 aliphatic carbocycles. The van der Waals surface area contributed by atoms with Gasteiger partial charge in [0.25, 0.3) is 0 Å². The van der Waals surface area contributed by atoms with Crippen molar-refractivity contribution in [1.29, 1.82) is 0 Å². The van der Waals surface area contributed by atoms with Crippen molar-refractivity contribution in [3.63, 3.8) is 0 Å². The second kappa shape index (κ2) is 4.71. The Kier molecular flexibility index (Phi) is 3.96. The number of hydrogen-bond acceptors (Lipinski definition) is 4. The fraction of sp³-hybridized carbons (Fsp3) is 0.900. The topological polar surface area (TPSA) is 97.5 Å². The van der Waals surface area contributed by atoms with Gasteiger partial charge < -0.3 is 10.8 Å². The molecular formula is C10H19NO4S. The molecule has 0 saturated heterocycles. The zero-order valence-corrected chi connectivity index (χ0v) is 10.3. The normalized spacial score (nSPS) is 20.4. The molecule has 1 aliphatic rings. The van der Waals surface area contributed by atoms with Crippen LogP contribution in [-0.4, -0.2) is 37.5 Å². The largest absolute Gasteiger partial charge is 0.481 e. The van der Waals surface area contributed by atoms with E-state index in [1.165, 1.54) is 0 Å². The minimum Gasteiger partial charge on any atom is -0.481 e. The molecule has 0 spiro atoms. The van der Waals surface area contributed by atoms with Crippen LogP contribution >= 0.6 is 0 Å². The summed E-state index contributed by atoms with van der Waals surface area (Å²) in [6.07, 6.45) is 1.82. The van der Waals surface area contributed by atoms with Crippen LogP contribution in [0.5, 0.6) is 0 Å². The average molecular weight is 249 g/mol. The van der Waals surface area contributed by atoms with Gasteiger partial charge in [0.1, 0.15) is 9.84 Å². The molecule has 1 rings (SSSR count). The molecule has 1 atom stereocenters. The zero-order chi connectivity index (χ0) is 12.4. The van der Waals surface area contributed by atoms with E-state index in [0.29, 0.717) is 0 Å². The molecule has 5 nitrogen and oxygen atoms in total. The van der Waals surface area contributed by atoms with Crippen molar-refractivity contribution >= 4 is 15.8 Å². The fourth-order valence-electron chi connectivity index (χ4n) is 1.96. The highest BCUT2D eigenvalue weighted by molar-refractivity contribution is 7.91. The van der Waals surface area contributed by atoms with Crippen LogP contribution in [0.15, 0.2) is 0 Å². The van der Waals surface area contributed by atoms with E-state index in [-0.39, 0.29) is 30.4 Å². The van der Waals surface area contributed by atoms with Gasteiger partial charge >= 0.3 is 5.97 Å². The van der Waals surface area contributed by atoms with Gasteiger partial charge in [-0.1, -0.05) is 6.92 Å². The van der Waals surface area contributed by atoms with Crippen molar-refractivity contribution in [2.75, 3.05) is 18.1 Å². The maximum Gasteiger partial charge on any atom is 0.311 e. The summed E-state index contributed by atoms with van der Waals surface area (Å²) in [6, 6.07) is 0. The molecule has 0 bridgehead atoms. The molecule has 16 heavy (non-hydrogen) atoms. The lowest BCUT2D eigenvalue weighted by atomic mass is 9.80. The molecule has 0 aromatic carbocycles. The quantitative estimate of drug-likeness (QED) is 0.674. The highest BCUT2D eigenvalue weighted by Gasteiger charge is 2.50. The minimum absolute atomic E-state index is 0.0201. The minimum atomic E-state index is -3.12. The number of rotatable bonds is 7. The average Bonchev–Trinajstić information content (AvgIpc) is 3.03. The maximum atomic E-state index is 11.4. The number of carboxylic acids is 1. The molecule has 0 aliphatic heterocycles. The molecule has 3 N–H and O–H groups in total. The third-order valence-electron chi connectivity index (χ3n) is 3.45. The molecule has 0 radical (unpaired) electrons. The van der Waals surface area contributed by atoms with Gasteiger partial charge in [-0.2, -0.15) is 0 Å². The van der Waals surface area contributed by atoms with Gasteiger partial charge in [-0.05, 0) is 25.2 Å². The molecule has 1 unspecified atom stereocenters. The summed E-state index contributed by atoms with van der Waals surface area (Å²) in [7, 11) is -3.12. The van der Waals surface area contributed by atoms with Crippen LogP contribution in [0.25, 0.3) is 0 Å². The summed E-state index contributed by atoms with van der Waals surface area (Å²) in [5, 5.41) is 9.23.